The van der Waals surface area contributed by atoms with Gasteiger partial charge in [-0.15, -0.1) is 0 Å². The Morgan fingerprint density at radius 1 is 1.24 bits per heavy atom. The van der Waals surface area contributed by atoms with Gasteiger partial charge in [0, 0.05) is 23.0 Å². The zero-order valence-electron chi connectivity index (χ0n) is 17.7. The minimum Gasteiger partial charge on any atom is -0.508 e. The Hall–Kier alpha value is -3.70. The molecule has 3 aliphatic carbocycles. The molecule has 1 fully saturated rings. The Bertz CT molecular complexity index is 1170. The number of aromatic hydroxyl groups is 1. The highest BCUT2D eigenvalue weighted by atomic mass is 16.5. The molecule has 1 aromatic rings. The molecule has 0 radical (unpaired) electrons. The van der Waals surface area contributed by atoms with E-state index in [0.29, 0.717) is 0 Å². The number of carbonyl (C=O) groups excluding carboxylic acids is 4. The van der Waals surface area contributed by atoms with Crippen LogP contribution >= 0.6 is 0 Å². The molecule has 33 heavy (non-hydrogen) atoms. The number of hydrogen-bond acceptors (Lipinski definition) is 10. The lowest BCUT2D eigenvalue weighted by molar-refractivity contribution is -0.158. The van der Waals surface area contributed by atoms with Crippen molar-refractivity contribution >= 4 is 29.7 Å². The van der Waals surface area contributed by atoms with Crippen LogP contribution in [0.25, 0.3) is 5.76 Å². The van der Waals surface area contributed by atoms with Gasteiger partial charge in [-0.3, -0.25) is 24.1 Å². The van der Waals surface area contributed by atoms with Crippen LogP contribution in [0.3, 0.4) is 0 Å². The first-order valence-electron chi connectivity index (χ1n) is 10.0. The van der Waals surface area contributed by atoms with Crippen molar-refractivity contribution in [2.24, 2.45) is 17.6 Å². The molecule has 1 amide bonds. The zero-order valence-corrected chi connectivity index (χ0v) is 17.7. The molecule has 0 heterocycles. The number of nitrogens with two attached hydrogens (primary N) is 1. The van der Waals surface area contributed by atoms with Crippen LogP contribution in [0.15, 0.2) is 35.1 Å². The number of aliphatic hydroxyl groups is 3. The smallest absolute Gasteiger partial charge is 0.293 e. The van der Waals surface area contributed by atoms with E-state index in [2.05, 4.69) is 0 Å². The number of carbonyl (C=O) groups is 4. The Morgan fingerprint density at radius 2 is 1.91 bits per heavy atom. The fourth-order valence-corrected chi connectivity index (χ4v) is 5.41. The van der Waals surface area contributed by atoms with Crippen molar-refractivity contribution in [2.45, 2.75) is 24.2 Å². The summed E-state index contributed by atoms with van der Waals surface area (Å²) in [5.41, 5.74) is 1.26. The van der Waals surface area contributed by atoms with Gasteiger partial charge in [0.15, 0.2) is 11.4 Å². The van der Waals surface area contributed by atoms with Crippen LogP contribution < -0.4 is 5.73 Å². The lowest BCUT2D eigenvalue weighted by atomic mass is 9.57. The van der Waals surface area contributed by atoms with Crippen molar-refractivity contribution in [1.82, 2.24) is 4.90 Å². The molecule has 0 aliphatic heterocycles. The summed E-state index contributed by atoms with van der Waals surface area (Å²) in [5, 5.41) is 43.6. The van der Waals surface area contributed by atoms with Gasteiger partial charge in [-0.05, 0) is 26.6 Å². The lowest BCUT2D eigenvalue weighted by Crippen LogP contribution is -2.66. The number of benzene rings is 1. The number of primary amides is 1. The molecule has 0 aromatic heterocycles. The number of ketones is 2. The first-order chi connectivity index (χ1) is 15.5. The number of likely N-dealkylation sites (N-methyl/N-ethyl adjacent to an activating group) is 1. The van der Waals surface area contributed by atoms with Crippen LogP contribution in [0.2, 0.25) is 0 Å². The number of phenols is 1. The third-order valence-corrected chi connectivity index (χ3v) is 6.74. The van der Waals surface area contributed by atoms with Gasteiger partial charge >= 0.3 is 0 Å². The summed E-state index contributed by atoms with van der Waals surface area (Å²) in [4.78, 5) is 51.3. The minimum atomic E-state index is -2.76. The van der Waals surface area contributed by atoms with E-state index >= 15 is 0 Å². The molecule has 5 atom stereocenters. The van der Waals surface area contributed by atoms with Gasteiger partial charge in [-0.25, -0.2) is 0 Å². The lowest BCUT2D eigenvalue weighted by Gasteiger charge is -2.51. The van der Waals surface area contributed by atoms with E-state index in [4.69, 9.17) is 10.5 Å². The SMILES string of the molecule is CN(C)[C@@H]1C(=O)C(C(N)=O)=C(O)[C@@]2(O)C(=O)C3=C(O)c4c(O)cccc4[C@@H](OC=O)[C@H]3C[C@@H]12. The molecule has 6 N–H and O–H groups in total. The quantitative estimate of drug-likeness (QED) is 0.294. The summed E-state index contributed by atoms with van der Waals surface area (Å²) in [5.74, 6) is -7.92. The molecule has 174 valence electrons. The summed E-state index contributed by atoms with van der Waals surface area (Å²) in [7, 11) is 2.98. The van der Waals surface area contributed by atoms with E-state index in [9.17, 15) is 39.6 Å². The Labute approximate surface area is 187 Å². The summed E-state index contributed by atoms with van der Waals surface area (Å²) in [6.45, 7) is 0.155. The topological polar surface area (TPSA) is 188 Å². The Balaban J connectivity index is 2.03. The maximum Gasteiger partial charge on any atom is 0.293 e. The second-order valence-corrected chi connectivity index (χ2v) is 8.56. The molecule has 0 unspecified atom stereocenters. The van der Waals surface area contributed by atoms with Gasteiger partial charge in [0.25, 0.3) is 12.4 Å². The van der Waals surface area contributed by atoms with E-state index in [1.807, 2.05) is 0 Å². The molecule has 0 saturated heterocycles. The maximum atomic E-state index is 13.7. The Kier molecular flexibility index (Phi) is 5.06. The number of Topliss-reactive ketones (excluding diaryl/α,β-unsaturated/α-hetero) is 2. The number of phenolic OH excluding ortho intramolecular Hbond substituents is 1. The van der Waals surface area contributed by atoms with Crippen LogP contribution in [0.4, 0.5) is 0 Å². The fraction of sp³-hybridized carbons (Fsp3) is 0.364. The molecule has 11 nitrogen and oxygen atoms in total. The third kappa shape index (κ3) is 2.82. The van der Waals surface area contributed by atoms with Crippen molar-refractivity contribution in [3.8, 4) is 5.75 Å². The molecule has 4 rings (SSSR count). The first-order valence-corrected chi connectivity index (χ1v) is 10.0. The van der Waals surface area contributed by atoms with Crippen molar-refractivity contribution in [1.29, 1.82) is 0 Å². The van der Waals surface area contributed by atoms with Crippen LogP contribution in [0, 0.1) is 11.8 Å². The second kappa shape index (κ2) is 7.42. The van der Waals surface area contributed by atoms with Crippen LogP contribution in [0.5, 0.6) is 5.75 Å². The van der Waals surface area contributed by atoms with E-state index in [0.717, 1.165) is 0 Å². The largest absolute Gasteiger partial charge is 0.508 e. The van der Waals surface area contributed by atoms with Gasteiger partial charge < -0.3 is 30.9 Å². The molecule has 0 bridgehead atoms. The predicted octanol–water partition coefficient (Wildman–Crippen LogP) is -0.364. The third-order valence-electron chi connectivity index (χ3n) is 6.74. The molecule has 1 aromatic carbocycles. The van der Waals surface area contributed by atoms with E-state index in [1.165, 1.54) is 37.2 Å². The molecule has 11 heteroatoms. The molecule has 3 aliphatic rings. The van der Waals surface area contributed by atoms with Gasteiger partial charge in [-0.1, -0.05) is 12.1 Å². The standard InChI is InChI=1S/C22H22N2O9/c1-24(2)15-10-6-9-13(19(29)22(10,32)20(30)14(17(15)28)21(23)31)16(27)12-8(18(9)33-7-25)4-3-5-11(12)26/h3-5,7,9-10,15,18,26-27,30,32H,6H2,1-2H3,(H2,23,31)/t9-,10-,15-,18+,22-/m0/s1. The molecular formula is C22H22N2O9. The number of fused-ring (bicyclic) bond motifs is 3. The van der Waals surface area contributed by atoms with Crippen LogP contribution in [-0.4, -0.2) is 75.0 Å². The summed E-state index contributed by atoms with van der Waals surface area (Å²) in [6.07, 6.45) is -1.33. The summed E-state index contributed by atoms with van der Waals surface area (Å²) in [6, 6.07) is 2.99. The van der Waals surface area contributed by atoms with E-state index in [1.54, 1.807) is 0 Å². The van der Waals surface area contributed by atoms with E-state index in [-0.39, 0.29) is 24.0 Å². The number of nitrogens with zero attached hydrogens (tertiary/aromatic N) is 1. The average molecular weight is 458 g/mol. The molecular weight excluding hydrogens is 436 g/mol. The number of aliphatic hydroxyl groups excluding tert-OH is 2. The fourth-order valence-electron chi connectivity index (χ4n) is 5.41. The predicted molar refractivity (Wildman–Crippen MR) is 110 cm³/mol. The molecule has 0 spiro atoms. The van der Waals surface area contributed by atoms with Crippen LogP contribution in [0.1, 0.15) is 23.7 Å². The number of hydrogen-bond donors (Lipinski definition) is 5. The van der Waals surface area contributed by atoms with Gasteiger partial charge in [0.05, 0.1) is 11.6 Å². The highest BCUT2D eigenvalue weighted by molar-refractivity contribution is 6.24. The number of amides is 1. The minimum absolute atomic E-state index is 0.155. The van der Waals surface area contributed by atoms with Gasteiger partial charge in [0.2, 0.25) is 5.78 Å². The van der Waals surface area contributed by atoms with Crippen LogP contribution in [-0.2, 0) is 23.9 Å². The van der Waals surface area contributed by atoms with Crippen molar-refractivity contribution in [3.63, 3.8) is 0 Å². The number of ether oxygens (including phenoxy) is 1. The second-order valence-electron chi connectivity index (χ2n) is 8.56. The first kappa shape index (κ1) is 22.5. The van der Waals surface area contributed by atoms with Gasteiger partial charge in [0.1, 0.15) is 28.9 Å². The zero-order chi connectivity index (χ0) is 24.4. The highest BCUT2D eigenvalue weighted by Gasteiger charge is 2.65. The summed E-state index contributed by atoms with van der Waals surface area (Å²) >= 11 is 0. The number of rotatable bonds is 4. The highest BCUT2D eigenvalue weighted by Crippen LogP contribution is 2.56. The van der Waals surface area contributed by atoms with Crippen molar-refractivity contribution in [3.05, 3.63) is 46.2 Å². The van der Waals surface area contributed by atoms with E-state index < -0.39 is 75.5 Å². The maximum absolute atomic E-state index is 13.7. The monoisotopic (exact) mass is 458 g/mol. The Morgan fingerprint density at radius 3 is 2.48 bits per heavy atom. The van der Waals surface area contributed by atoms with Crippen molar-refractivity contribution in [2.75, 3.05) is 14.1 Å². The average Bonchev–Trinajstić information content (AvgIpc) is 2.73. The normalized spacial score (nSPS) is 31.2. The summed E-state index contributed by atoms with van der Waals surface area (Å²) < 4.78 is 5.23. The molecule has 1 saturated carbocycles. The van der Waals surface area contributed by atoms with Gasteiger partial charge in [-0.2, -0.15) is 0 Å². The van der Waals surface area contributed by atoms with Crippen molar-refractivity contribution < 1.29 is 44.3 Å².